The van der Waals surface area contributed by atoms with E-state index in [4.69, 9.17) is 5.73 Å². The molecule has 1 aliphatic carbocycles. The van der Waals surface area contributed by atoms with Crippen molar-refractivity contribution in [3.8, 4) is 0 Å². The van der Waals surface area contributed by atoms with Gasteiger partial charge in [0.2, 0.25) is 0 Å². The van der Waals surface area contributed by atoms with Gasteiger partial charge < -0.3 is 10.6 Å². The van der Waals surface area contributed by atoms with E-state index in [9.17, 15) is 0 Å². The van der Waals surface area contributed by atoms with Crippen LogP contribution in [0.15, 0.2) is 24.3 Å². The first-order valence-corrected chi connectivity index (χ1v) is 7.73. The third-order valence-electron chi connectivity index (χ3n) is 5.03. The van der Waals surface area contributed by atoms with Crippen molar-refractivity contribution in [3.63, 3.8) is 0 Å². The molecule has 1 fully saturated rings. The van der Waals surface area contributed by atoms with E-state index >= 15 is 0 Å². The average molecular weight is 260 g/mol. The summed E-state index contributed by atoms with van der Waals surface area (Å²) >= 11 is 0. The second-order valence-corrected chi connectivity index (χ2v) is 5.84. The van der Waals surface area contributed by atoms with Gasteiger partial charge in [0.05, 0.1) is 5.54 Å². The van der Waals surface area contributed by atoms with Crippen LogP contribution in [0.4, 0.5) is 5.69 Å². The third-order valence-corrected chi connectivity index (χ3v) is 5.03. The molecule has 0 aromatic heterocycles. The van der Waals surface area contributed by atoms with E-state index in [1.54, 1.807) is 0 Å². The molecule has 0 heterocycles. The highest BCUT2D eigenvalue weighted by atomic mass is 15.2. The molecule has 2 heteroatoms. The highest BCUT2D eigenvalue weighted by molar-refractivity contribution is 5.55. The maximum Gasteiger partial charge on any atom is 0.0552 e. The zero-order valence-corrected chi connectivity index (χ0v) is 12.7. The molecule has 1 aliphatic rings. The Bertz CT molecular complexity index is 415. The highest BCUT2D eigenvalue weighted by Gasteiger charge is 2.45. The lowest BCUT2D eigenvalue weighted by molar-refractivity contribution is 0.293. The van der Waals surface area contributed by atoms with Crippen molar-refractivity contribution in [2.24, 2.45) is 11.7 Å². The molecule has 1 aromatic carbocycles. The lowest BCUT2D eigenvalue weighted by atomic mass is 9.82. The van der Waals surface area contributed by atoms with E-state index < -0.39 is 0 Å². The van der Waals surface area contributed by atoms with E-state index in [0.717, 1.165) is 19.0 Å². The first-order valence-electron chi connectivity index (χ1n) is 7.73. The minimum atomic E-state index is 0.176. The van der Waals surface area contributed by atoms with Gasteiger partial charge in [0.25, 0.3) is 0 Å². The maximum atomic E-state index is 6.26. The van der Waals surface area contributed by atoms with Crippen molar-refractivity contribution in [2.75, 3.05) is 18.0 Å². The number of rotatable bonds is 5. The van der Waals surface area contributed by atoms with Crippen molar-refractivity contribution >= 4 is 5.69 Å². The van der Waals surface area contributed by atoms with Crippen molar-refractivity contribution in [3.05, 3.63) is 29.8 Å². The summed E-state index contributed by atoms with van der Waals surface area (Å²) in [5, 5.41) is 0. The maximum absolute atomic E-state index is 6.26. The number of hydrogen-bond donors (Lipinski definition) is 1. The van der Waals surface area contributed by atoms with Crippen LogP contribution in [0.5, 0.6) is 0 Å². The lowest BCUT2D eigenvalue weighted by Gasteiger charge is -2.46. The van der Waals surface area contributed by atoms with Crippen LogP contribution in [0.2, 0.25) is 0 Å². The van der Waals surface area contributed by atoms with Gasteiger partial charge in [0, 0.05) is 18.8 Å². The van der Waals surface area contributed by atoms with Crippen LogP contribution in [0.1, 0.15) is 45.1 Å². The second-order valence-electron chi connectivity index (χ2n) is 5.84. The van der Waals surface area contributed by atoms with E-state index in [0.29, 0.717) is 0 Å². The van der Waals surface area contributed by atoms with Gasteiger partial charge in [0.1, 0.15) is 0 Å². The van der Waals surface area contributed by atoms with Gasteiger partial charge in [-0.15, -0.1) is 0 Å². The standard InChI is InChI=1S/C17H28N2/c1-4-15-10-8-12-17(15,13-18)19(5-2)16-11-7-6-9-14(16)3/h6-7,9,11,15H,4-5,8,10,12-13,18H2,1-3H3. The topological polar surface area (TPSA) is 29.3 Å². The molecule has 0 bridgehead atoms. The molecule has 0 radical (unpaired) electrons. The van der Waals surface area contributed by atoms with Crippen LogP contribution in [0.3, 0.4) is 0 Å². The monoisotopic (exact) mass is 260 g/mol. The molecule has 106 valence electrons. The summed E-state index contributed by atoms with van der Waals surface area (Å²) in [5.41, 5.74) is 9.16. The Morgan fingerprint density at radius 2 is 2.05 bits per heavy atom. The Morgan fingerprint density at radius 1 is 1.32 bits per heavy atom. The van der Waals surface area contributed by atoms with Crippen LogP contribution in [0.25, 0.3) is 0 Å². The smallest absolute Gasteiger partial charge is 0.0552 e. The number of likely N-dealkylation sites (N-methyl/N-ethyl adjacent to an activating group) is 1. The van der Waals surface area contributed by atoms with Crippen molar-refractivity contribution < 1.29 is 0 Å². The number of benzene rings is 1. The zero-order chi connectivity index (χ0) is 13.9. The van der Waals surface area contributed by atoms with Crippen LogP contribution >= 0.6 is 0 Å². The SMILES string of the molecule is CCC1CCCC1(CN)N(CC)c1ccccc1C. The molecule has 0 spiro atoms. The average Bonchev–Trinajstić information content (AvgIpc) is 2.86. The summed E-state index contributed by atoms with van der Waals surface area (Å²) in [6, 6.07) is 8.72. The van der Waals surface area contributed by atoms with Crippen LogP contribution in [-0.2, 0) is 0 Å². The fourth-order valence-electron chi connectivity index (χ4n) is 4.04. The van der Waals surface area contributed by atoms with Gasteiger partial charge in [-0.05, 0) is 44.2 Å². The Kier molecular flexibility index (Phi) is 4.51. The van der Waals surface area contributed by atoms with E-state index in [1.807, 2.05) is 0 Å². The van der Waals surface area contributed by atoms with Crippen LogP contribution in [0, 0.1) is 12.8 Å². The molecule has 2 nitrogen and oxygen atoms in total. The highest BCUT2D eigenvalue weighted by Crippen LogP contribution is 2.44. The van der Waals surface area contributed by atoms with Gasteiger partial charge in [-0.1, -0.05) is 38.0 Å². The largest absolute Gasteiger partial charge is 0.364 e. The molecular formula is C17H28N2. The zero-order valence-electron chi connectivity index (χ0n) is 12.7. The summed E-state index contributed by atoms with van der Waals surface area (Å²) in [7, 11) is 0. The molecule has 2 N–H and O–H groups in total. The first-order chi connectivity index (χ1) is 9.19. The molecule has 2 rings (SSSR count). The van der Waals surface area contributed by atoms with Crippen molar-refractivity contribution in [2.45, 2.75) is 52.0 Å². The molecule has 2 atom stereocenters. The second kappa shape index (κ2) is 5.96. The number of nitrogens with zero attached hydrogens (tertiary/aromatic N) is 1. The van der Waals surface area contributed by atoms with Crippen LogP contribution < -0.4 is 10.6 Å². The van der Waals surface area contributed by atoms with Gasteiger partial charge in [-0.2, -0.15) is 0 Å². The van der Waals surface area contributed by atoms with Crippen LogP contribution in [-0.4, -0.2) is 18.6 Å². The third kappa shape index (κ3) is 2.38. The van der Waals surface area contributed by atoms with Gasteiger partial charge in [-0.25, -0.2) is 0 Å². The molecule has 1 aromatic rings. The molecule has 19 heavy (non-hydrogen) atoms. The molecular weight excluding hydrogens is 232 g/mol. The quantitative estimate of drug-likeness (QED) is 0.874. The van der Waals surface area contributed by atoms with Gasteiger partial charge >= 0.3 is 0 Å². The minimum absolute atomic E-state index is 0.176. The normalized spacial score (nSPS) is 26.6. The molecule has 0 amide bonds. The van der Waals surface area contributed by atoms with Crippen molar-refractivity contribution in [1.82, 2.24) is 0 Å². The molecule has 0 saturated heterocycles. The lowest BCUT2D eigenvalue weighted by Crippen LogP contribution is -2.56. The molecule has 2 unspecified atom stereocenters. The summed E-state index contributed by atoms with van der Waals surface area (Å²) in [6.45, 7) is 8.59. The number of anilines is 1. The Balaban J connectivity index is 2.42. The number of hydrogen-bond acceptors (Lipinski definition) is 2. The number of nitrogens with two attached hydrogens (primary N) is 1. The minimum Gasteiger partial charge on any atom is -0.364 e. The molecule has 1 saturated carbocycles. The summed E-state index contributed by atoms with van der Waals surface area (Å²) < 4.78 is 0. The Labute approximate surface area is 118 Å². The van der Waals surface area contributed by atoms with Gasteiger partial charge in [-0.3, -0.25) is 0 Å². The first kappa shape index (κ1) is 14.4. The van der Waals surface area contributed by atoms with E-state index in [1.165, 1.54) is 36.9 Å². The number of aryl methyl sites for hydroxylation is 1. The fraction of sp³-hybridized carbons (Fsp3) is 0.647. The van der Waals surface area contributed by atoms with E-state index in [-0.39, 0.29) is 5.54 Å². The predicted molar refractivity (Wildman–Crippen MR) is 83.6 cm³/mol. The summed E-state index contributed by atoms with van der Waals surface area (Å²) in [4.78, 5) is 2.59. The summed E-state index contributed by atoms with van der Waals surface area (Å²) in [6.07, 6.45) is 5.12. The van der Waals surface area contributed by atoms with E-state index in [2.05, 4.69) is 49.9 Å². The van der Waals surface area contributed by atoms with Gasteiger partial charge in [0.15, 0.2) is 0 Å². The van der Waals surface area contributed by atoms with Crippen molar-refractivity contribution in [1.29, 1.82) is 0 Å². The fourth-order valence-corrected chi connectivity index (χ4v) is 4.04. The Hall–Kier alpha value is -1.02. The number of para-hydroxylation sites is 1. The predicted octanol–water partition coefficient (Wildman–Crippen LogP) is 3.73. The summed E-state index contributed by atoms with van der Waals surface area (Å²) in [5.74, 6) is 0.733. The Morgan fingerprint density at radius 3 is 2.63 bits per heavy atom. The molecule has 0 aliphatic heterocycles.